The predicted octanol–water partition coefficient (Wildman–Crippen LogP) is 3.71. The monoisotopic (exact) mass is 300 g/mol. The second-order valence-corrected chi connectivity index (χ2v) is 6.46. The van der Waals surface area contributed by atoms with E-state index in [9.17, 15) is 13.2 Å². The van der Waals surface area contributed by atoms with Crippen molar-refractivity contribution in [2.75, 3.05) is 18.0 Å². The summed E-state index contributed by atoms with van der Waals surface area (Å²) >= 11 is 0. The number of benzene rings is 1. The predicted molar refractivity (Wildman–Crippen MR) is 79.0 cm³/mol. The minimum atomic E-state index is -1.13. The zero-order chi connectivity index (χ0) is 15.8. The number of rotatable bonds is 3. The quantitative estimate of drug-likeness (QED) is 0.856. The summed E-state index contributed by atoms with van der Waals surface area (Å²) in [6, 6.07) is 1.68. The molecule has 0 aromatic heterocycles. The molecule has 1 saturated heterocycles. The van der Waals surface area contributed by atoms with Gasteiger partial charge in [0, 0.05) is 36.8 Å². The molecule has 2 atom stereocenters. The van der Waals surface area contributed by atoms with E-state index >= 15 is 0 Å². The summed E-state index contributed by atoms with van der Waals surface area (Å²) in [5, 5.41) is 3.47. The fourth-order valence-corrected chi connectivity index (χ4v) is 2.86. The van der Waals surface area contributed by atoms with Gasteiger partial charge in [0.15, 0.2) is 11.6 Å². The molecule has 1 N–H and O–H groups in total. The Morgan fingerprint density at radius 2 is 2.00 bits per heavy atom. The van der Waals surface area contributed by atoms with E-state index in [4.69, 9.17) is 0 Å². The fourth-order valence-electron chi connectivity index (χ4n) is 2.86. The smallest absolute Gasteiger partial charge is 0.182 e. The van der Waals surface area contributed by atoms with Gasteiger partial charge < -0.3 is 10.2 Å². The highest BCUT2D eigenvalue weighted by Crippen LogP contribution is 2.31. The summed E-state index contributed by atoms with van der Waals surface area (Å²) in [7, 11) is 0. The first kappa shape index (κ1) is 16.1. The first-order valence-electron chi connectivity index (χ1n) is 7.43. The first-order chi connectivity index (χ1) is 9.77. The van der Waals surface area contributed by atoms with Crippen LogP contribution in [0.3, 0.4) is 0 Å². The van der Waals surface area contributed by atoms with Crippen LogP contribution in [0, 0.1) is 23.4 Å². The van der Waals surface area contributed by atoms with Crippen molar-refractivity contribution in [1.82, 2.24) is 5.32 Å². The lowest BCUT2D eigenvalue weighted by Gasteiger charge is -2.48. The SMILES string of the molecule is CCC1(C)CN(c2cc(F)cc(F)c2F)C(C(C)C)CN1. The number of anilines is 1. The van der Waals surface area contributed by atoms with Crippen molar-refractivity contribution < 1.29 is 13.2 Å². The van der Waals surface area contributed by atoms with E-state index in [1.165, 1.54) is 0 Å². The molecule has 0 aliphatic carbocycles. The van der Waals surface area contributed by atoms with Crippen LogP contribution < -0.4 is 10.2 Å². The van der Waals surface area contributed by atoms with Crippen LogP contribution in [-0.4, -0.2) is 24.7 Å². The third-order valence-electron chi connectivity index (χ3n) is 4.49. The number of hydrogen-bond donors (Lipinski definition) is 1. The molecule has 1 heterocycles. The van der Waals surface area contributed by atoms with Crippen LogP contribution in [0.15, 0.2) is 12.1 Å². The van der Waals surface area contributed by atoms with Crippen LogP contribution in [0.2, 0.25) is 0 Å². The highest BCUT2D eigenvalue weighted by molar-refractivity contribution is 5.51. The lowest BCUT2D eigenvalue weighted by atomic mass is 9.89. The van der Waals surface area contributed by atoms with Crippen molar-refractivity contribution in [3.8, 4) is 0 Å². The molecule has 2 nitrogen and oxygen atoms in total. The highest BCUT2D eigenvalue weighted by Gasteiger charge is 2.37. The first-order valence-corrected chi connectivity index (χ1v) is 7.43. The molecule has 1 aromatic rings. The molecule has 1 fully saturated rings. The van der Waals surface area contributed by atoms with Crippen molar-refractivity contribution in [3.63, 3.8) is 0 Å². The van der Waals surface area contributed by atoms with Crippen LogP contribution in [0.1, 0.15) is 34.1 Å². The van der Waals surface area contributed by atoms with E-state index in [0.717, 1.165) is 12.5 Å². The van der Waals surface area contributed by atoms with Crippen LogP contribution in [-0.2, 0) is 0 Å². The molecule has 118 valence electrons. The Kier molecular flexibility index (Phi) is 4.51. The van der Waals surface area contributed by atoms with Gasteiger partial charge in [0.25, 0.3) is 0 Å². The standard InChI is InChI=1S/C16H23F3N2/c1-5-16(4)9-21(14(8-20-16)10(2)3)13-7-11(17)6-12(18)15(13)19/h6-7,10,14,20H,5,8-9H2,1-4H3. The van der Waals surface area contributed by atoms with Gasteiger partial charge in [-0.15, -0.1) is 0 Å². The molecule has 2 rings (SSSR count). The second kappa shape index (κ2) is 5.87. The van der Waals surface area contributed by atoms with Gasteiger partial charge in [-0.3, -0.25) is 0 Å². The van der Waals surface area contributed by atoms with Gasteiger partial charge >= 0.3 is 0 Å². The van der Waals surface area contributed by atoms with Crippen LogP contribution >= 0.6 is 0 Å². The van der Waals surface area contributed by atoms with Gasteiger partial charge in [0.05, 0.1) is 5.69 Å². The Labute approximate surface area is 124 Å². The lowest BCUT2D eigenvalue weighted by molar-refractivity contribution is 0.251. The molecular weight excluding hydrogens is 277 g/mol. The van der Waals surface area contributed by atoms with Gasteiger partial charge in [0.2, 0.25) is 0 Å². The maximum absolute atomic E-state index is 14.2. The molecule has 0 spiro atoms. The normalized spacial score (nSPS) is 26.5. The summed E-state index contributed by atoms with van der Waals surface area (Å²) < 4.78 is 41.2. The lowest BCUT2D eigenvalue weighted by Crippen LogP contribution is -2.64. The number of nitrogens with one attached hydrogen (secondary N) is 1. The topological polar surface area (TPSA) is 15.3 Å². The Hall–Kier alpha value is -1.23. The van der Waals surface area contributed by atoms with Gasteiger partial charge in [-0.1, -0.05) is 20.8 Å². The van der Waals surface area contributed by atoms with E-state index in [1.807, 2.05) is 32.6 Å². The summed E-state index contributed by atoms with van der Waals surface area (Å²) in [6.07, 6.45) is 0.855. The van der Waals surface area contributed by atoms with Gasteiger partial charge in [-0.25, -0.2) is 13.2 Å². The molecule has 1 aliphatic heterocycles. The Balaban J connectivity index is 2.45. The maximum Gasteiger partial charge on any atom is 0.182 e. The number of nitrogens with zero attached hydrogens (tertiary/aromatic N) is 1. The number of hydrogen-bond acceptors (Lipinski definition) is 2. The molecule has 2 unspecified atom stereocenters. The van der Waals surface area contributed by atoms with Crippen molar-refractivity contribution in [2.24, 2.45) is 5.92 Å². The minimum Gasteiger partial charge on any atom is -0.363 e. The summed E-state index contributed by atoms with van der Waals surface area (Å²) in [4.78, 5) is 1.81. The Morgan fingerprint density at radius 1 is 1.33 bits per heavy atom. The average molecular weight is 300 g/mol. The van der Waals surface area contributed by atoms with E-state index < -0.39 is 17.5 Å². The van der Waals surface area contributed by atoms with E-state index in [-0.39, 0.29) is 23.2 Å². The average Bonchev–Trinajstić information content (AvgIpc) is 2.42. The van der Waals surface area contributed by atoms with E-state index in [2.05, 4.69) is 5.32 Å². The van der Waals surface area contributed by atoms with Crippen molar-refractivity contribution in [2.45, 2.75) is 45.7 Å². The summed E-state index contributed by atoms with van der Waals surface area (Å²) in [5.74, 6) is -2.61. The molecule has 1 aliphatic rings. The largest absolute Gasteiger partial charge is 0.363 e. The van der Waals surface area contributed by atoms with Gasteiger partial charge in [-0.2, -0.15) is 0 Å². The van der Waals surface area contributed by atoms with Crippen molar-refractivity contribution in [1.29, 1.82) is 0 Å². The van der Waals surface area contributed by atoms with Crippen molar-refractivity contribution in [3.05, 3.63) is 29.6 Å². The highest BCUT2D eigenvalue weighted by atomic mass is 19.2. The fraction of sp³-hybridized carbons (Fsp3) is 0.625. The van der Waals surface area contributed by atoms with Crippen molar-refractivity contribution >= 4 is 5.69 Å². The summed E-state index contributed by atoms with van der Waals surface area (Å²) in [5.41, 5.74) is -0.173. The van der Waals surface area contributed by atoms with Gasteiger partial charge in [-0.05, 0) is 19.3 Å². The zero-order valence-corrected chi connectivity index (χ0v) is 13.0. The molecule has 5 heteroatoms. The molecule has 1 aromatic carbocycles. The summed E-state index contributed by atoms with van der Waals surface area (Å²) in [6.45, 7) is 9.34. The number of halogens is 3. The van der Waals surface area contributed by atoms with Crippen LogP contribution in [0.5, 0.6) is 0 Å². The molecular formula is C16H23F3N2. The van der Waals surface area contributed by atoms with Crippen LogP contribution in [0.4, 0.5) is 18.9 Å². The van der Waals surface area contributed by atoms with E-state index in [1.54, 1.807) is 0 Å². The molecule has 0 radical (unpaired) electrons. The van der Waals surface area contributed by atoms with Gasteiger partial charge in [0.1, 0.15) is 5.82 Å². The molecule has 0 bridgehead atoms. The second-order valence-electron chi connectivity index (χ2n) is 6.46. The molecule has 21 heavy (non-hydrogen) atoms. The Bertz CT molecular complexity index is 518. The maximum atomic E-state index is 14.2. The number of piperazine rings is 1. The van der Waals surface area contributed by atoms with Crippen LogP contribution in [0.25, 0.3) is 0 Å². The van der Waals surface area contributed by atoms with E-state index in [0.29, 0.717) is 19.2 Å². The minimum absolute atomic E-state index is 0.000301. The third kappa shape index (κ3) is 3.18. The Morgan fingerprint density at radius 3 is 2.57 bits per heavy atom. The molecule has 0 saturated carbocycles. The zero-order valence-electron chi connectivity index (χ0n) is 13.0. The molecule has 0 amide bonds. The third-order valence-corrected chi connectivity index (χ3v) is 4.49.